The van der Waals surface area contributed by atoms with E-state index in [-0.39, 0.29) is 30.7 Å². The van der Waals surface area contributed by atoms with Gasteiger partial charge in [0.1, 0.15) is 23.7 Å². The average Bonchev–Trinajstić information content (AvgIpc) is 3.07. The van der Waals surface area contributed by atoms with Crippen molar-refractivity contribution in [1.82, 2.24) is 4.90 Å². The Bertz CT molecular complexity index is 962. The molecular weight excluding hydrogens is 536 g/mol. The summed E-state index contributed by atoms with van der Waals surface area (Å²) in [6, 6.07) is -0.230. The molecule has 0 radical (unpaired) electrons. The predicted octanol–water partition coefficient (Wildman–Crippen LogP) is 1.49. The van der Waals surface area contributed by atoms with Gasteiger partial charge < -0.3 is 49.5 Å². The molecule has 0 aromatic carbocycles. The van der Waals surface area contributed by atoms with Crippen LogP contribution in [0, 0.1) is 23.7 Å². The summed E-state index contributed by atoms with van der Waals surface area (Å²) in [7, 11) is 3.75. The van der Waals surface area contributed by atoms with Crippen molar-refractivity contribution in [3.05, 3.63) is 0 Å². The molecule has 0 unspecified atom stereocenters. The van der Waals surface area contributed by atoms with Gasteiger partial charge in [-0.05, 0) is 61.1 Å². The first-order chi connectivity index (χ1) is 18.8. The Morgan fingerprint density at radius 3 is 2.24 bits per heavy atom. The van der Waals surface area contributed by atoms with Crippen LogP contribution in [0.3, 0.4) is 0 Å². The monoisotopic (exact) mass is 588 g/mol. The maximum absolute atomic E-state index is 13.5. The second-order valence-corrected chi connectivity index (χ2v) is 13.2. The molecule has 0 amide bonds. The van der Waals surface area contributed by atoms with E-state index in [1.807, 2.05) is 25.9 Å². The summed E-state index contributed by atoms with van der Waals surface area (Å²) in [5.41, 5.74) is -2.94. The van der Waals surface area contributed by atoms with Gasteiger partial charge >= 0.3 is 5.97 Å². The molecular formula is C29H52N2O10. The molecule has 0 saturated carbocycles. The lowest BCUT2D eigenvalue weighted by molar-refractivity contribution is -0.285. The smallest absolute Gasteiger partial charge is 0.314 e. The number of oxime groups is 1. The number of hydrogen-bond donors (Lipinski definition) is 5. The summed E-state index contributed by atoms with van der Waals surface area (Å²) in [6.07, 6.45) is -4.75. The van der Waals surface area contributed by atoms with Gasteiger partial charge in [-0.3, -0.25) is 4.79 Å². The van der Waals surface area contributed by atoms with Gasteiger partial charge in [0.25, 0.3) is 0 Å². The van der Waals surface area contributed by atoms with Gasteiger partial charge in [-0.15, -0.1) is 0 Å². The van der Waals surface area contributed by atoms with E-state index in [9.17, 15) is 30.4 Å². The summed E-state index contributed by atoms with van der Waals surface area (Å²) in [4.78, 5) is 15.4. The molecule has 0 spiro atoms. The maximum atomic E-state index is 13.5. The van der Waals surface area contributed by atoms with Crippen LogP contribution < -0.4 is 0 Å². The third kappa shape index (κ3) is 6.17. The normalized spacial score (nSPS) is 51.1. The molecule has 3 rings (SSSR count). The molecule has 2 bridgehead atoms. The number of carbonyl (C=O) groups is 1. The molecule has 3 saturated heterocycles. The highest BCUT2D eigenvalue weighted by molar-refractivity contribution is 5.88. The summed E-state index contributed by atoms with van der Waals surface area (Å²) >= 11 is 0. The molecule has 0 aliphatic carbocycles. The van der Waals surface area contributed by atoms with Crippen molar-refractivity contribution in [2.24, 2.45) is 28.8 Å². The molecule has 14 atom stereocenters. The van der Waals surface area contributed by atoms with E-state index < -0.39 is 77.3 Å². The van der Waals surface area contributed by atoms with Crippen LogP contribution in [0.4, 0.5) is 0 Å². The molecule has 3 fully saturated rings. The van der Waals surface area contributed by atoms with E-state index in [1.54, 1.807) is 34.6 Å². The fraction of sp³-hybridized carbons (Fsp3) is 0.931. The molecule has 12 nitrogen and oxygen atoms in total. The Hall–Kier alpha value is -1.38. The average molecular weight is 589 g/mol. The molecule has 0 aromatic heterocycles. The lowest BCUT2D eigenvalue weighted by Gasteiger charge is -2.44. The van der Waals surface area contributed by atoms with Crippen molar-refractivity contribution >= 4 is 11.7 Å². The van der Waals surface area contributed by atoms with Crippen LogP contribution in [0.1, 0.15) is 74.7 Å². The zero-order chi connectivity index (χ0) is 31.2. The van der Waals surface area contributed by atoms with Crippen LogP contribution in [0.5, 0.6) is 0 Å². The summed E-state index contributed by atoms with van der Waals surface area (Å²) in [5, 5.41) is 59.3. The van der Waals surface area contributed by atoms with Gasteiger partial charge in [-0.1, -0.05) is 32.9 Å². The van der Waals surface area contributed by atoms with Crippen LogP contribution in [-0.2, 0) is 23.7 Å². The van der Waals surface area contributed by atoms with Gasteiger partial charge in [0, 0.05) is 23.8 Å². The van der Waals surface area contributed by atoms with Gasteiger partial charge in [0.2, 0.25) is 0 Å². The lowest BCUT2D eigenvalue weighted by Crippen LogP contribution is -2.57. The second kappa shape index (κ2) is 12.3. The molecule has 41 heavy (non-hydrogen) atoms. The minimum atomic E-state index is -2.05. The van der Waals surface area contributed by atoms with Crippen molar-refractivity contribution in [1.29, 1.82) is 0 Å². The van der Waals surface area contributed by atoms with Crippen LogP contribution in [0.25, 0.3) is 0 Å². The Morgan fingerprint density at radius 2 is 1.71 bits per heavy atom. The highest BCUT2D eigenvalue weighted by atomic mass is 16.7. The predicted molar refractivity (Wildman–Crippen MR) is 149 cm³/mol. The third-order valence-electron chi connectivity index (χ3n) is 9.79. The first kappa shape index (κ1) is 34.1. The van der Waals surface area contributed by atoms with Crippen molar-refractivity contribution < 1.29 is 49.4 Å². The topological polar surface area (TPSA) is 171 Å². The quantitative estimate of drug-likeness (QED) is 0.183. The largest absolute Gasteiger partial charge is 0.459 e. The molecule has 5 N–H and O–H groups in total. The van der Waals surface area contributed by atoms with Crippen molar-refractivity contribution in [2.75, 3.05) is 14.1 Å². The second-order valence-electron chi connectivity index (χ2n) is 13.2. The van der Waals surface area contributed by atoms with Crippen LogP contribution in [0.2, 0.25) is 0 Å². The standard InChI is InChI=1S/C29H52N2O10/c1-11-20-28(8,35)23(33)16(4)21(30-37)14(2)13-27(7)24(17(5)29(36,41-27)18(6)25(34)39-20)40-26-22(32)19(31(9)10)12-15(3)38-26/h14-20,22-24,26,32-33,35-37H,11-13H2,1-10H3/b30-21-/t14-,15-,16+,17-,18+,19+,20-,22-,23-,24-,26+,27-,28-,29-/m1/s1. The first-order valence-electron chi connectivity index (χ1n) is 14.8. The van der Waals surface area contributed by atoms with Crippen LogP contribution in [0.15, 0.2) is 5.16 Å². The number of likely N-dealkylation sites (N-methyl/N-ethyl adjacent to an activating group) is 1. The summed E-state index contributed by atoms with van der Waals surface area (Å²) in [6.45, 7) is 13.3. The van der Waals surface area contributed by atoms with Gasteiger partial charge in [-0.25, -0.2) is 0 Å². The minimum absolute atomic E-state index is 0.150. The molecule has 3 aliphatic heterocycles. The van der Waals surface area contributed by atoms with E-state index in [1.165, 1.54) is 13.8 Å². The molecule has 3 heterocycles. The number of esters is 1. The fourth-order valence-electron chi connectivity index (χ4n) is 7.21. The van der Waals surface area contributed by atoms with E-state index in [4.69, 9.17) is 18.9 Å². The van der Waals surface area contributed by atoms with E-state index in [0.717, 1.165) is 0 Å². The van der Waals surface area contributed by atoms with Gasteiger partial charge in [0.15, 0.2) is 12.1 Å². The number of ether oxygens (including phenoxy) is 4. The van der Waals surface area contributed by atoms with Gasteiger partial charge in [-0.2, -0.15) is 0 Å². The van der Waals surface area contributed by atoms with E-state index >= 15 is 0 Å². The Morgan fingerprint density at radius 1 is 1.10 bits per heavy atom. The van der Waals surface area contributed by atoms with Crippen molar-refractivity contribution in [3.8, 4) is 0 Å². The highest BCUT2D eigenvalue weighted by Crippen LogP contribution is 2.51. The minimum Gasteiger partial charge on any atom is -0.459 e. The summed E-state index contributed by atoms with van der Waals surface area (Å²) < 4.78 is 24.6. The summed E-state index contributed by atoms with van der Waals surface area (Å²) in [5.74, 6) is -6.23. The Labute approximate surface area is 243 Å². The zero-order valence-corrected chi connectivity index (χ0v) is 26.1. The molecule has 238 valence electrons. The number of fused-ring (bicyclic) bond motifs is 2. The molecule has 12 heteroatoms. The fourth-order valence-corrected chi connectivity index (χ4v) is 7.21. The first-order valence-corrected chi connectivity index (χ1v) is 14.8. The molecule has 3 aliphatic rings. The third-order valence-corrected chi connectivity index (χ3v) is 9.79. The van der Waals surface area contributed by atoms with Crippen LogP contribution in [-0.4, -0.2) is 116 Å². The van der Waals surface area contributed by atoms with E-state index in [2.05, 4.69) is 5.16 Å². The lowest BCUT2D eigenvalue weighted by atomic mass is 9.75. The number of cyclic esters (lactones) is 1. The van der Waals surface area contributed by atoms with E-state index in [0.29, 0.717) is 6.42 Å². The number of aliphatic hydroxyl groups is 4. The van der Waals surface area contributed by atoms with Crippen molar-refractivity contribution in [2.45, 2.75) is 134 Å². The Kier molecular flexibility index (Phi) is 10.2. The Balaban J connectivity index is 2.09. The van der Waals surface area contributed by atoms with Gasteiger partial charge in [0.05, 0.1) is 29.6 Å². The number of nitrogens with zero attached hydrogens (tertiary/aromatic N) is 2. The number of hydrogen-bond acceptors (Lipinski definition) is 12. The number of carbonyl (C=O) groups excluding carboxylic acids is 1. The number of aliphatic hydroxyl groups excluding tert-OH is 2. The maximum Gasteiger partial charge on any atom is 0.314 e. The van der Waals surface area contributed by atoms with Crippen LogP contribution >= 0.6 is 0 Å². The molecule has 0 aromatic rings. The number of rotatable bonds is 4. The highest BCUT2D eigenvalue weighted by Gasteiger charge is 2.64. The SMILES string of the molecule is CC[C@H]1OC(=O)[C@H](C)[C@]2(O)O[C@](C)(C[C@@H](C)/C(=N/O)[C@H](C)[C@@H](O)[C@]1(C)O)[C@H](O[C@@H]1O[C@H](C)C[C@H](N(C)C)[C@H]1O)[C@H]2C. The van der Waals surface area contributed by atoms with Crippen molar-refractivity contribution in [3.63, 3.8) is 0 Å². The zero-order valence-electron chi connectivity index (χ0n) is 26.1.